The summed E-state index contributed by atoms with van der Waals surface area (Å²) in [4.78, 5) is 13.1. The normalized spacial score (nSPS) is 20.1. The maximum absolute atomic E-state index is 13.1. The van der Waals surface area contributed by atoms with Crippen LogP contribution in [0.5, 0.6) is 0 Å². The lowest BCUT2D eigenvalue weighted by molar-refractivity contribution is -0.302. The number of hydrogen-bond donors (Lipinski definition) is 6. The zero-order chi connectivity index (χ0) is 49.4. The Morgan fingerprint density at radius 1 is 0.515 bits per heavy atom. The van der Waals surface area contributed by atoms with Gasteiger partial charge >= 0.3 is 0 Å². The second-order valence-electron chi connectivity index (χ2n) is 19.4. The van der Waals surface area contributed by atoms with Gasteiger partial charge in [-0.3, -0.25) is 4.79 Å². The third-order valence-electron chi connectivity index (χ3n) is 13.1. The second-order valence-corrected chi connectivity index (χ2v) is 19.4. The van der Waals surface area contributed by atoms with Crippen molar-refractivity contribution in [3.8, 4) is 0 Å². The maximum Gasteiger partial charge on any atom is 0.220 e. The monoisotopic (exact) mass is 956 g/mol. The Hall–Kier alpha value is -2.37. The highest BCUT2D eigenvalue weighted by molar-refractivity contribution is 5.76. The Kier molecular flexibility index (Phi) is 45.2. The fraction of sp³-hybridized carbons (Fsp3) is 0.780. The summed E-state index contributed by atoms with van der Waals surface area (Å²) in [7, 11) is 0. The van der Waals surface area contributed by atoms with E-state index >= 15 is 0 Å². The van der Waals surface area contributed by atoms with Crippen molar-refractivity contribution in [3.05, 3.63) is 72.9 Å². The van der Waals surface area contributed by atoms with E-state index in [-0.39, 0.29) is 12.5 Å². The smallest absolute Gasteiger partial charge is 0.220 e. The maximum atomic E-state index is 13.1. The second kappa shape index (κ2) is 48.3. The molecule has 0 saturated carbocycles. The SMILES string of the molecule is CC/C=C\C/C=C\C/C=C\C/C=C\C/C=C\C/C=C\CCCCCCC(=O)NC(COC1OC(CO)C(O)C(O)C1O)C(O)CCCCCCCCCCCCCCCCCCCCCCCC. The van der Waals surface area contributed by atoms with E-state index in [2.05, 4.69) is 92.1 Å². The summed E-state index contributed by atoms with van der Waals surface area (Å²) in [6.07, 6.45) is 59.2. The highest BCUT2D eigenvalue weighted by atomic mass is 16.7. The van der Waals surface area contributed by atoms with Crippen molar-refractivity contribution >= 4 is 5.91 Å². The predicted molar refractivity (Wildman–Crippen MR) is 285 cm³/mol. The summed E-state index contributed by atoms with van der Waals surface area (Å²) in [5.74, 6) is -0.169. The van der Waals surface area contributed by atoms with Crippen molar-refractivity contribution < 1.29 is 39.8 Å². The number of unbranched alkanes of at least 4 members (excludes halogenated alkanes) is 25. The van der Waals surface area contributed by atoms with Crippen LogP contribution in [0.15, 0.2) is 72.9 Å². The molecular formula is C59H105NO8. The molecule has 1 rings (SSSR count). The first-order chi connectivity index (χ1) is 33.3. The molecule has 0 radical (unpaired) electrons. The van der Waals surface area contributed by atoms with E-state index < -0.39 is 49.5 Å². The average molecular weight is 956 g/mol. The topological polar surface area (TPSA) is 149 Å². The van der Waals surface area contributed by atoms with E-state index in [1.54, 1.807) is 0 Å². The lowest BCUT2D eigenvalue weighted by atomic mass is 9.99. The molecule has 1 amide bonds. The van der Waals surface area contributed by atoms with Crippen LogP contribution in [-0.4, -0.2) is 87.5 Å². The molecule has 0 aromatic carbocycles. The molecule has 0 spiro atoms. The molecule has 0 bridgehead atoms. The first kappa shape index (κ1) is 63.6. The molecule has 9 nitrogen and oxygen atoms in total. The zero-order valence-electron chi connectivity index (χ0n) is 43.6. The van der Waals surface area contributed by atoms with Crippen LogP contribution in [-0.2, 0) is 14.3 Å². The van der Waals surface area contributed by atoms with Crippen molar-refractivity contribution in [2.75, 3.05) is 13.2 Å². The molecule has 0 aromatic rings. The Morgan fingerprint density at radius 2 is 0.912 bits per heavy atom. The number of aliphatic hydroxyl groups is 5. The van der Waals surface area contributed by atoms with Crippen LogP contribution in [0.25, 0.3) is 0 Å². The Morgan fingerprint density at radius 3 is 1.35 bits per heavy atom. The minimum atomic E-state index is -1.56. The first-order valence-electron chi connectivity index (χ1n) is 28.1. The lowest BCUT2D eigenvalue weighted by Gasteiger charge is -2.40. The highest BCUT2D eigenvalue weighted by Crippen LogP contribution is 2.23. The van der Waals surface area contributed by atoms with Crippen molar-refractivity contribution in [1.82, 2.24) is 5.32 Å². The van der Waals surface area contributed by atoms with Crippen molar-refractivity contribution in [2.24, 2.45) is 0 Å². The molecule has 1 aliphatic heterocycles. The molecule has 68 heavy (non-hydrogen) atoms. The third kappa shape index (κ3) is 37.5. The average Bonchev–Trinajstić information content (AvgIpc) is 3.34. The van der Waals surface area contributed by atoms with E-state index in [1.807, 2.05) is 0 Å². The number of rotatable bonds is 47. The fourth-order valence-corrected chi connectivity index (χ4v) is 8.64. The largest absolute Gasteiger partial charge is 0.394 e. The van der Waals surface area contributed by atoms with E-state index in [9.17, 15) is 30.3 Å². The van der Waals surface area contributed by atoms with Gasteiger partial charge in [0.25, 0.3) is 0 Å². The number of carbonyl (C=O) groups excluding carboxylic acids is 1. The molecule has 6 N–H and O–H groups in total. The van der Waals surface area contributed by atoms with Crippen LogP contribution >= 0.6 is 0 Å². The molecule has 1 aliphatic rings. The van der Waals surface area contributed by atoms with Crippen molar-refractivity contribution in [2.45, 2.75) is 281 Å². The lowest BCUT2D eigenvalue weighted by Crippen LogP contribution is -2.60. The predicted octanol–water partition coefficient (Wildman–Crippen LogP) is 13.7. The van der Waals surface area contributed by atoms with Gasteiger partial charge in [0.1, 0.15) is 24.4 Å². The van der Waals surface area contributed by atoms with Crippen LogP contribution in [0.1, 0.15) is 239 Å². The molecule has 0 aromatic heterocycles. The zero-order valence-corrected chi connectivity index (χ0v) is 43.6. The van der Waals surface area contributed by atoms with Gasteiger partial charge in [-0.25, -0.2) is 0 Å². The molecule has 7 atom stereocenters. The summed E-state index contributed by atoms with van der Waals surface area (Å²) in [6.45, 7) is 3.72. The van der Waals surface area contributed by atoms with Crippen molar-refractivity contribution in [1.29, 1.82) is 0 Å². The van der Waals surface area contributed by atoms with Crippen LogP contribution in [0, 0.1) is 0 Å². The minimum Gasteiger partial charge on any atom is -0.394 e. The number of nitrogens with one attached hydrogen (secondary N) is 1. The molecule has 394 valence electrons. The molecule has 0 aliphatic carbocycles. The fourth-order valence-electron chi connectivity index (χ4n) is 8.64. The number of amides is 1. The van der Waals surface area contributed by atoms with Crippen LogP contribution in [0.4, 0.5) is 0 Å². The van der Waals surface area contributed by atoms with Gasteiger partial charge in [-0.15, -0.1) is 0 Å². The molecule has 7 unspecified atom stereocenters. The Labute approximate surface area is 417 Å². The van der Waals surface area contributed by atoms with E-state index in [1.165, 1.54) is 122 Å². The molecular weight excluding hydrogens is 851 g/mol. The summed E-state index contributed by atoms with van der Waals surface area (Å²) in [5.41, 5.74) is 0. The van der Waals surface area contributed by atoms with Gasteiger partial charge in [-0.2, -0.15) is 0 Å². The summed E-state index contributed by atoms with van der Waals surface area (Å²) >= 11 is 0. The Balaban J connectivity index is 2.26. The number of hydrogen-bond acceptors (Lipinski definition) is 8. The standard InChI is InChI=1S/C59H105NO8/c1-3-5-7-9-11-13-15-17-19-21-23-25-27-29-31-33-35-37-39-41-43-45-47-49-55(63)60-52(51-67-59-58(66)57(65)56(64)54(50-61)68-59)53(62)48-46-44-42-40-38-36-34-32-30-28-26-24-22-20-18-16-14-12-10-8-6-4-2/h5,7,11,13,17,19,23,25,29,31,35,37,52-54,56-59,61-62,64-66H,3-4,6,8-10,12,14-16,18,20-22,24,26-28,30,32-34,36,38-51H2,1-2H3,(H,60,63)/b7-5-,13-11-,19-17-,25-23-,31-29-,37-35-. The third-order valence-corrected chi connectivity index (χ3v) is 13.1. The summed E-state index contributed by atoms with van der Waals surface area (Å²) in [6, 6.07) is -0.738. The molecule has 1 heterocycles. The number of aliphatic hydroxyl groups excluding tert-OH is 5. The van der Waals surface area contributed by atoms with Gasteiger partial charge in [0.05, 0.1) is 25.4 Å². The van der Waals surface area contributed by atoms with Crippen molar-refractivity contribution in [3.63, 3.8) is 0 Å². The van der Waals surface area contributed by atoms with E-state index in [4.69, 9.17) is 9.47 Å². The quantitative estimate of drug-likeness (QED) is 0.0261. The highest BCUT2D eigenvalue weighted by Gasteiger charge is 2.44. The number of carbonyl (C=O) groups is 1. The van der Waals surface area contributed by atoms with Gasteiger partial charge in [0, 0.05) is 6.42 Å². The van der Waals surface area contributed by atoms with Gasteiger partial charge < -0.3 is 40.3 Å². The molecule has 1 fully saturated rings. The summed E-state index contributed by atoms with van der Waals surface area (Å²) in [5, 5.41) is 54.7. The molecule has 1 saturated heterocycles. The summed E-state index contributed by atoms with van der Waals surface area (Å²) < 4.78 is 11.3. The number of allylic oxidation sites excluding steroid dienone is 12. The van der Waals surface area contributed by atoms with Gasteiger partial charge in [-0.05, 0) is 64.2 Å². The van der Waals surface area contributed by atoms with E-state index in [0.717, 1.165) is 89.9 Å². The van der Waals surface area contributed by atoms with Crippen LogP contribution in [0.3, 0.4) is 0 Å². The molecule has 9 heteroatoms. The van der Waals surface area contributed by atoms with E-state index in [0.29, 0.717) is 12.8 Å². The van der Waals surface area contributed by atoms with Crippen LogP contribution in [0.2, 0.25) is 0 Å². The van der Waals surface area contributed by atoms with Gasteiger partial charge in [0.15, 0.2) is 6.29 Å². The first-order valence-corrected chi connectivity index (χ1v) is 28.1. The minimum absolute atomic E-state index is 0.152. The van der Waals surface area contributed by atoms with Crippen LogP contribution < -0.4 is 5.32 Å². The van der Waals surface area contributed by atoms with Gasteiger partial charge in [0.2, 0.25) is 5.91 Å². The number of ether oxygens (including phenoxy) is 2. The Bertz CT molecular complexity index is 1290. The van der Waals surface area contributed by atoms with Gasteiger partial charge in [-0.1, -0.05) is 241 Å².